The van der Waals surface area contributed by atoms with E-state index in [1.807, 2.05) is 0 Å². The average Bonchev–Trinajstić information content (AvgIpc) is 3.26. The molecular weight excluding hydrogens is 381 g/mol. The molecule has 1 N–H and O–H groups in total. The average molecular weight is 398 g/mol. The quantitative estimate of drug-likeness (QED) is 0.798. The summed E-state index contributed by atoms with van der Waals surface area (Å²) < 4.78 is 48.9. The van der Waals surface area contributed by atoms with Gasteiger partial charge >= 0.3 is 6.18 Å². The zero-order chi connectivity index (χ0) is 20.3. The van der Waals surface area contributed by atoms with Crippen LogP contribution in [0.5, 0.6) is 11.5 Å². The third kappa shape index (κ3) is 4.72. The van der Waals surface area contributed by atoms with Crippen LogP contribution < -0.4 is 14.8 Å². The van der Waals surface area contributed by atoms with Gasteiger partial charge in [0.2, 0.25) is 12.7 Å². The number of halogens is 3. The Bertz CT molecular complexity index is 882. The molecule has 11 heteroatoms. The number of nitrogens with one attached hydrogen (secondary N) is 1. The Morgan fingerprint density at radius 1 is 1.29 bits per heavy atom. The fourth-order valence-electron chi connectivity index (χ4n) is 2.56. The van der Waals surface area contributed by atoms with Crippen LogP contribution in [0.4, 0.5) is 13.2 Å². The summed E-state index contributed by atoms with van der Waals surface area (Å²) in [6.07, 6.45) is -1.96. The van der Waals surface area contributed by atoms with Crippen LogP contribution in [-0.2, 0) is 17.9 Å². The molecule has 0 fully saturated rings. The van der Waals surface area contributed by atoms with Gasteiger partial charge in [0, 0.05) is 25.0 Å². The van der Waals surface area contributed by atoms with E-state index in [2.05, 4.69) is 10.3 Å². The molecule has 1 aromatic carbocycles. The van der Waals surface area contributed by atoms with Crippen LogP contribution in [0.15, 0.2) is 30.6 Å². The maximum Gasteiger partial charge on any atom is 0.406 e. The zero-order valence-electron chi connectivity index (χ0n) is 14.8. The normalized spacial score (nSPS) is 12.7. The van der Waals surface area contributed by atoms with Crippen molar-refractivity contribution in [2.24, 2.45) is 0 Å². The van der Waals surface area contributed by atoms with Crippen molar-refractivity contribution in [1.29, 1.82) is 0 Å². The first-order valence-corrected chi connectivity index (χ1v) is 8.21. The summed E-state index contributed by atoms with van der Waals surface area (Å²) in [5.41, 5.74) is 0.292. The van der Waals surface area contributed by atoms with E-state index in [9.17, 15) is 22.8 Å². The third-order valence-electron chi connectivity index (χ3n) is 3.99. The molecule has 1 aromatic heterocycles. The van der Waals surface area contributed by atoms with E-state index in [0.717, 1.165) is 4.57 Å². The second kappa shape index (κ2) is 7.79. The zero-order valence-corrected chi connectivity index (χ0v) is 14.8. The number of likely N-dealkylation sites (N-methyl/N-ethyl adjacent to an activating group) is 1. The summed E-state index contributed by atoms with van der Waals surface area (Å²) in [4.78, 5) is 29.4. The van der Waals surface area contributed by atoms with E-state index >= 15 is 0 Å². The highest BCUT2D eigenvalue weighted by Gasteiger charge is 2.29. The maximum absolute atomic E-state index is 12.6. The predicted molar refractivity (Wildman–Crippen MR) is 89.7 cm³/mol. The van der Waals surface area contributed by atoms with E-state index in [1.165, 1.54) is 36.5 Å². The number of hydrogen-bond donors (Lipinski definition) is 1. The van der Waals surface area contributed by atoms with Crippen LogP contribution in [0.25, 0.3) is 0 Å². The van der Waals surface area contributed by atoms with Crippen molar-refractivity contribution in [1.82, 2.24) is 19.8 Å². The number of nitrogens with zero attached hydrogens (tertiary/aromatic N) is 3. The molecule has 0 bridgehead atoms. The maximum atomic E-state index is 12.6. The van der Waals surface area contributed by atoms with Crippen LogP contribution in [0.1, 0.15) is 16.2 Å². The topological polar surface area (TPSA) is 85.7 Å². The Labute approximate surface area is 157 Å². The minimum absolute atomic E-state index is 0.0772. The summed E-state index contributed by atoms with van der Waals surface area (Å²) in [5.74, 6) is 0.0962. The summed E-state index contributed by atoms with van der Waals surface area (Å²) >= 11 is 0. The first-order chi connectivity index (χ1) is 13.2. The number of ether oxygens (including phenoxy) is 2. The molecule has 3 rings (SSSR count). The molecule has 0 aliphatic carbocycles. The van der Waals surface area contributed by atoms with Crippen molar-refractivity contribution in [2.45, 2.75) is 19.3 Å². The lowest BCUT2D eigenvalue weighted by Crippen LogP contribution is -2.38. The minimum Gasteiger partial charge on any atom is -0.454 e. The lowest BCUT2D eigenvalue weighted by atomic mass is 10.2. The number of carbonyl (C=O) groups is 2. The smallest absolute Gasteiger partial charge is 0.406 e. The summed E-state index contributed by atoms with van der Waals surface area (Å²) in [5, 5.41) is 2.47. The first-order valence-electron chi connectivity index (χ1n) is 8.21. The number of alkyl halides is 3. The minimum atomic E-state index is -4.39. The van der Waals surface area contributed by atoms with E-state index in [0.29, 0.717) is 17.1 Å². The van der Waals surface area contributed by atoms with E-state index < -0.39 is 24.5 Å². The molecule has 2 heterocycles. The predicted octanol–water partition coefficient (Wildman–Crippen LogP) is 1.56. The van der Waals surface area contributed by atoms with E-state index in [4.69, 9.17) is 9.47 Å². The monoisotopic (exact) mass is 398 g/mol. The van der Waals surface area contributed by atoms with Gasteiger partial charge < -0.3 is 24.3 Å². The Morgan fingerprint density at radius 2 is 2.04 bits per heavy atom. The summed E-state index contributed by atoms with van der Waals surface area (Å²) in [6, 6.07) is 4.62. The second-order valence-corrected chi connectivity index (χ2v) is 6.09. The second-order valence-electron chi connectivity index (χ2n) is 6.09. The number of hydrogen-bond acceptors (Lipinski definition) is 5. The molecule has 0 saturated carbocycles. The van der Waals surface area contributed by atoms with Gasteiger partial charge in [0.1, 0.15) is 12.4 Å². The molecule has 2 aromatic rings. The lowest BCUT2D eigenvalue weighted by molar-refractivity contribution is -0.141. The number of amides is 2. The molecule has 0 unspecified atom stereocenters. The Kier molecular flexibility index (Phi) is 5.43. The SMILES string of the molecule is CN(Cc1nccn1CC(F)(F)F)C(=O)CNC(=O)c1ccc2c(c1)OCO2. The first kappa shape index (κ1) is 19.5. The number of imidazole rings is 1. The molecular formula is C17H17F3N4O4. The molecule has 2 amide bonds. The summed E-state index contributed by atoms with van der Waals surface area (Å²) in [6.45, 7) is -1.55. The fraction of sp³-hybridized carbons (Fsp3) is 0.353. The third-order valence-corrected chi connectivity index (χ3v) is 3.99. The molecule has 8 nitrogen and oxygen atoms in total. The highest BCUT2D eigenvalue weighted by atomic mass is 19.4. The number of fused-ring (bicyclic) bond motifs is 1. The van der Waals surface area contributed by atoms with Crippen LogP contribution in [0.2, 0.25) is 0 Å². The molecule has 1 aliphatic heterocycles. The van der Waals surface area contributed by atoms with Crippen molar-refractivity contribution >= 4 is 11.8 Å². The van der Waals surface area contributed by atoms with Crippen LogP contribution in [0.3, 0.4) is 0 Å². The Morgan fingerprint density at radius 3 is 2.79 bits per heavy atom. The lowest BCUT2D eigenvalue weighted by Gasteiger charge is -2.18. The van der Waals surface area contributed by atoms with Gasteiger partial charge in [-0.15, -0.1) is 0 Å². The number of rotatable bonds is 6. The molecule has 0 saturated heterocycles. The molecule has 150 valence electrons. The van der Waals surface area contributed by atoms with Crippen LogP contribution in [0, 0.1) is 0 Å². The number of aromatic nitrogens is 2. The number of carbonyl (C=O) groups excluding carboxylic acids is 2. The highest BCUT2D eigenvalue weighted by molar-refractivity contribution is 5.97. The van der Waals surface area contributed by atoms with Crippen molar-refractivity contribution in [3.63, 3.8) is 0 Å². The Balaban J connectivity index is 1.53. The fourth-order valence-corrected chi connectivity index (χ4v) is 2.56. The molecule has 28 heavy (non-hydrogen) atoms. The van der Waals surface area contributed by atoms with E-state index in [-0.39, 0.29) is 25.7 Å². The van der Waals surface area contributed by atoms with Crippen molar-refractivity contribution < 1.29 is 32.2 Å². The largest absolute Gasteiger partial charge is 0.454 e. The van der Waals surface area contributed by atoms with Gasteiger partial charge in [-0.1, -0.05) is 0 Å². The van der Waals surface area contributed by atoms with Gasteiger partial charge in [0.05, 0.1) is 13.1 Å². The highest BCUT2D eigenvalue weighted by Crippen LogP contribution is 2.32. The van der Waals surface area contributed by atoms with Gasteiger partial charge in [-0.05, 0) is 18.2 Å². The Hall–Kier alpha value is -3.24. The van der Waals surface area contributed by atoms with Crippen molar-refractivity contribution in [3.05, 3.63) is 42.0 Å². The van der Waals surface area contributed by atoms with Crippen LogP contribution in [-0.4, -0.2) is 52.8 Å². The van der Waals surface area contributed by atoms with E-state index in [1.54, 1.807) is 6.07 Å². The number of benzene rings is 1. The van der Waals surface area contributed by atoms with Crippen LogP contribution >= 0.6 is 0 Å². The molecule has 0 radical (unpaired) electrons. The standard InChI is InChI=1S/C17H17F3N4O4/c1-23(8-14-21-4-5-24(14)9-17(18,19)20)15(25)7-22-16(26)11-2-3-12-13(6-11)28-10-27-12/h2-6H,7-10H2,1H3,(H,22,26). The van der Waals surface area contributed by atoms with Crippen molar-refractivity contribution in [2.75, 3.05) is 20.4 Å². The van der Waals surface area contributed by atoms with Gasteiger partial charge in [-0.2, -0.15) is 13.2 Å². The van der Waals surface area contributed by atoms with Gasteiger partial charge in [0.15, 0.2) is 11.5 Å². The van der Waals surface area contributed by atoms with Gasteiger partial charge in [-0.25, -0.2) is 4.98 Å². The molecule has 1 aliphatic rings. The molecule has 0 atom stereocenters. The van der Waals surface area contributed by atoms with Crippen molar-refractivity contribution in [3.8, 4) is 11.5 Å². The van der Waals surface area contributed by atoms with Gasteiger partial charge in [-0.3, -0.25) is 9.59 Å². The summed E-state index contributed by atoms with van der Waals surface area (Å²) in [7, 11) is 1.42. The van der Waals surface area contributed by atoms with Gasteiger partial charge in [0.25, 0.3) is 5.91 Å². The molecule has 0 spiro atoms.